The SMILES string of the molecule is CCCCOc1ccc(C(=O)Nc2ccc(OCC)c(S(=O)(=O)N3CCCCC3)c2)cc1OC. The van der Waals surface area contributed by atoms with Gasteiger partial charge in [0.1, 0.15) is 10.6 Å². The van der Waals surface area contributed by atoms with Crippen molar-refractivity contribution in [3.05, 3.63) is 42.0 Å². The standard InChI is InChI=1S/C25H34N2O6S/c1-4-6-16-33-21-12-10-19(17-23(21)31-3)25(28)26-20-11-13-22(32-5-2)24(18-20)34(29,30)27-14-8-7-9-15-27/h10-13,17-18H,4-9,14-16H2,1-3H3,(H,26,28). The van der Waals surface area contributed by atoms with E-state index in [4.69, 9.17) is 14.2 Å². The minimum absolute atomic E-state index is 0.0614. The highest BCUT2D eigenvalue weighted by molar-refractivity contribution is 7.89. The summed E-state index contributed by atoms with van der Waals surface area (Å²) in [7, 11) is -2.22. The van der Waals surface area contributed by atoms with Crippen molar-refractivity contribution >= 4 is 21.6 Å². The number of benzene rings is 2. The van der Waals surface area contributed by atoms with Crippen LogP contribution in [0.3, 0.4) is 0 Å². The fourth-order valence-corrected chi connectivity index (χ4v) is 5.44. The molecule has 0 aliphatic carbocycles. The topological polar surface area (TPSA) is 94.2 Å². The van der Waals surface area contributed by atoms with Crippen molar-refractivity contribution in [2.24, 2.45) is 0 Å². The molecule has 0 spiro atoms. The Hall–Kier alpha value is -2.78. The van der Waals surface area contributed by atoms with Crippen LogP contribution in [0.25, 0.3) is 0 Å². The van der Waals surface area contributed by atoms with E-state index < -0.39 is 10.0 Å². The Labute approximate surface area is 202 Å². The van der Waals surface area contributed by atoms with Crippen molar-refractivity contribution in [2.45, 2.75) is 50.8 Å². The molecule has 186 valence electrons. The van der Waals surface area contributed by atoms with E-state index in [0.29, 0.717) is 49.1 Å². The summed E-state index contributed by atoms with van der Waals surface area (Å²) in [5.41, 5.74) is 0.736. The molecule has 1 aliphatic heterocycles. The molecule has 1 heterocycles. The molecule has 3 rings (SSSR count). The molecule has 1 amide bonds. The molecule has 34 heavy (non-hydrogen) atoms. The molecule has 8 nitrogen and oxygen atoms in total. The Morgan fingerprint density at radius 1 is 0.971 bits per heavy atom. The lowest BCUT2D eigenvalue weighted by molar-refractivity contribution is 0.102. The number of nitrogens with one attached hydrogen (secondary N) is 1. The van der Waals surface area contributed by atoms with Crippen LogP contribution in [0.2, 0.25) is 0 Å². The van der Waals surface area contributed by atoms with Gasteiger partial charge in [-0.3, -0.25) is 4.79 Å². The molecule has 0 atom stereocenters. The smallest absolute Gasteiger partial charge is 0.255 e. The minimum Gasteiger partial charge on any atom is -0.493 e. The van der Waals surface area contributed by atoms with Gasteiger partial charge in [0.15, 0.2) is 11.5 Å². The summed E-state index contributed by atoms with van der Waals surface area (Å²) < 4.78 is 44.8. The highest BCUT2D eigenvalue weighted by Gasteiger charge is 2.29. The first kappa shape index (κ1) is 25.8. The quantitative estimate of drug-likeness (QED) is 0.459. The summed E-state index contributed by atoms with van der Waals surface area (Å²) in [6.45, 7) is 5.75. The van der Waals surface area contributed by atoms with Gasteiger partial charge >= 0.3 is 0 Å². The molecule has 2 aromatic rings. The number of sulfonamides is 1. The molecule has 9 heteroatoms. The fraction of sp³-hybridized carbons (Fsp3) is 0.480. The van der Waals surface area contributed by atoms with Gasteiger partial charge in [-0.1, -0.05) is 19.8 Å². The van der Waals surface area contributed by atoms with Crippen LogP contribution in [0, 0.1) is 0 Å². The predicted octanol–water partition coefficient (Wildman–Crippen LogP) is 4.70. The third-order valence-electron chi connectivity index (χ3n) is 5.62. The molecule has 1 aliphatic rings. The average molecular weight is 491 g/mol. The molecule has 0 radical (unpaired) electrons. The zero-order chi connectivity index (χ0) is 24.6. The largest absolute Gasteiger partial charge is 0.493 e. The van der Waals surface area contributed by atoms with Crippen molar-refractivity contribution in [3.8, 4) is 17.2 Å². The van der Waals surface area contributed by atoms with Crippen molar-refractivity contribution in [1.29, 1.82) is 0 Å². The van der Waals surface area contributed by atoms with Gasteiger partial charge in [0, 0.05) is 24.3 Å². The summed E-state index contributed by atoms with van der Waals surface area (Å²) in [4.78, 5) is 13.0. The number of carbonyl (C=O) groups excluding carboxylic acids is 1. The second-order valence-corrected chi connectivity index (χ2v) is 9.99. The van der Waals surface area contributed by atoms with Crippen LogP contribution < -0.4 is 19.5 Å². The van der Waals surface area contributed by atoms with E-state index in [1.54, 1.807) is 37.3 Å². The first-order valence-electron chi connectivity index (χ1n) is 11.8. The van der Waals surface area contributed by atoms with Gasteiger partial charge in [0.2, 0.25) is 10.0 Å². The Morgan fingerprint density at radius 3 is 2.38 bits per heavy atom. The van der Waals surface area contributed by atoms with E-state index in [0.717, 1.165) is 32.1 Å². The highest BCUT2D eigenvalue weighted by atomic mass is 32.2. The summed E-state index contributed by atoms with van der Waals surface area (Å²) >= 11 is 0. The minimum atomic E-state index is -3.74. The van der Waals surface area contributed by atoms with Crippen LogP contribution in [0.4, 0.5) is 5.69 Å². The summed E-state index contributed by atoms with van der Waals surface area (Å²) in [5, 5.41) is 2.79. The number of rotatable bonds is 11. The molecular formula is C25H34N2O6S. The lowest BCUT2D eigenvalue weighted by atomic mass is 10.1. The summed E-state index contributed by atoms with van der Waals surface area (Å²) in [6, 6.07) is 9.65. The van der Waals surface area contributed by atoms with Gasteiger partial charge in [-0.25, -0.2) is 8.42 Å². The lowest BCUT2D eigenvalue weighted by Crippen LogP contribution is -2.35. The van der Waals surface area contributed by atoms with Crippen molar-refractivity contribution in [2.75, 3.05) is 38.7 Å². The van der Waals surface area contributed by atoms with Gasteiger partial charge in [-0.2, -0.15) is 4.31 Å². The van der Waals surface area contributed by atoms with Crippen molar-refractivity contribution in [3.63, 3.8) is 0 Å². The van der Waals surface area contributed by atoms with E-state index in [9.17, 15) is 13.2 Å². The Kier molecular flexibility index (Phi) is 9.18. The average Bonchev–Trinajstić information content (AvgIpc) is 2.85. The molecule has 0 aromatic heterocycles. The second kappa shape index (κ2) is 12.1. The summed E-state index contributed by atoms with van der Waals surface area (Å²) in [5.74, 6) is 0.928. The molecule has 0 saturated carbocycles. The molecular weight excluding hydrogens is 456 g/mol. The maximum atomic E-state index is 13.3. The second-order valence-electron chi connectivity index (χ2n) is 8.08. The molecule has 0 bridgehead atoms. The van der Waals surface area contributed by atoms with E-state index in [1.807, 2.05) is 0 Å². The number of hydrogen-bond acceptors (Lipinski definition) is 6. The predicted molar refractivity (Wildman–Crippen MR) is 132 cm³/mol. The number of amides is 1. The van der Waals surface area contributed by atoms with Gasteiger partial charge in [-0.05, 0) is 62.6 Å². The number of unbranched alkanes of at least 4 members (excludes halogenated alkanes) is 1. The molecule has 1 saturated heterocycles. The molecule has 2 aromatic carbocycles. The number of piperidine rings is 1. The zero-order valence-electron chi connectivity index (χ0n) is 20.1. The van der Waals surface area contributed by atoms with Crippen LogP contribution in [0.15, 0.2) is 41.3 Å². The number of anilines is 1. The van der Waals surface area contributed by atoms with Gasteiger partial charge < -0.3 is 19.5 Å². The highest BCUT2D eigenvalue weighted by Crippen LogP contribution is 2.32. The molecule has 1 N–H and O–H groups in total. The van der Waals surface area contributed by atoms with Crippen molar-refractivity contribution in [1.82, 2.24) is 4.31 Å². The Bertz CT molecular complexity index is 1080. The van der Waals surface area contributed by atoms with E-state index in [2.05, 4.69) is 12.2 Å². The van der Waals surface area contributed by atoms with Gasteiger partial charge in [0.25, 0.3) is 5.91 Å². The normalized spacial score (nSPS) is 14.4. The fourth-order valence-electron chi connectivity index (χ4n) is 3.76. The Balaban J connectivity index is 1.83. The third kappa shape index (κ3) is 6.21. The van der Waals surface area contributed by atoms with E-state index >= 15 is 0 Å². The number of hydrogen-bond donors (Lipinski definition) is 1. The number of methoxy groups -OCH3 is 1. The Morgan fingerprint density at radius 2 is 1.71 bits per heavy atom. The number of nitrogens with zero attached hydrogens (tertiary/aromatic N) is 1. The number of carbonyl (C=O) groups is 1. The maximum absolute atomic E-state index is 13.3. The van der Waals surface area contributed by atoms with Gasteiger partial charge in [-0.15, -0.1) is 0 Å². The first-order chi connectivity index (χ1) is 16.4. The van der Waals surface area contributed by atoms with Crippen LogP contribution in [0.5, 0.6) is 17.2 Å². The zero-order valence-corrected chi connectivity index (χ0v) is 20.9. The van der Waals surface area contributed by atoms with Crippen LogP contribution >= 0.6 is 0 Å². The van der Waals surface area contributed by atoms with Crippen LogP contribution in [-0.4, -0.2) is 52.0 Å². The maximum Gasteiger partial charge on any atom is 0.255 e. The first-order valence-corrected chi connectivity index (χ1v) is 13.2. The van der Waals surface area contributed by atoms with Crippen molar-refractivity contribution < 1.29 is 27.4 Å². The molecule has 1 fully saturated rings. The van der Waals surface area contributed by atoms with Gasteiger partial charge in [0.05, 0.1) is 20.3 Å². The number of ether oxygens (including phenoxy) is 3. The monoisotopic (exact) mass is 490 g/mol. The van der Waals surface area contributed by atoms with Crippen LogP contribution in [-0.2, 0) is 10.0 Å². The molecule has 0 unspecified atom stereocenters. The van der Waals surface area contributed by atoms with E-state index in [1.165, 1.54) is 17.5 Å². The van der Waals surface area contributed by atoms with E-state index in [-0.39, 0.29) is 16.6 Å². The summed E-state index contributed by atoms with van der Waals surface area (Å²) in [6.07, 6.45) is 4.62. The van der Waals surface area contributed by atoms with Crippen LogP contribution in [0.1, 0.15) is 56.3 Å². The third-order valence-corrected chi connectivity index (χ3v) is 7.54. The lowest BCUT2D eigenvalue weighted by Gasteiger charge is -2.27.